The highest BCUT2D eigenvalue weighted by atomic mass is 19.1. The van der Waals surface area contributed by atoms with Crippen LogP contribution in [0.15, 0.2) is 24.3 Å². The van der Waals surface area contributed by atoms with Gasteiger partial charge in [-0.25, -0.2) is 4.39 Å². The van der Waals surface area contributed by atoms with Crippen LogP contribution in [0.5, 0.6) is 0 Å². The lowest BCUT2D eigenvalue weighted by Crippen LogP contribution is -2.40. The van der Waals surface area contributed by atoms with E-state index in [0.29, 0.717) is 12.0 Å². The van der Waals surface area contributed by atoms with Crippen LogP contribution in [0.25, 0.3) is 0 Å². The Bertz CT molecular complexity index is 419. The van der Waals surface area contributed by atoms with E-state index in [0.717, 1.165) is 25.2 Å². The van der Waals surface area contributed by atoms with E-state index < -0.39 is 0 Å². The van der Waals surface area contributed by atoms with E-state index >= 15 is 0 Å². The topological polar surface area (TPSA) is 15.3 Å². The van der Waals surface area contributed by atoms with Gasteiger partial charge in [0.25, 0.3) is 0 Å². The Kier molecular flexibility index (Phi) is 5.55. The van der Waals surface area contributed by atoms with Crippen molar-refractivity contribution >= 4 is 0 Å². The second kappa shape index (κ2) is 7.19. The maximum Gasteiger partial charge on any atom is 0.128 e. The van der Waals surface area contributed by atoms with Crippen LogP contribution in [0.4, 0.5) is 4.39 Å². The molecule has 2 rings (SSSR count). The van der Waals surface area contributed by atoms with Gasteiger partial charge in [0.05, 0.1) is 0 Å². The fourth-order valence-electron chi connectivity index (χ4n) is 3.35. The molecular weight excluding hydrogens is 251 g/mol. The average Bonchev–Trinajstić information content (AvgIpc) is 2.87. The summed E-state index contributed by atoms with van der Waals surface area (Å²) in [6.45, 7) is 9.55. The minimum atomic E-state index is -0.0984. The summed E-state index contributed by atoms with van der Waals surface area (Å²) in [4.78, 5) is 2.53. The molecule has 1 aliphatic rings. The number of nitrogens with zero attached hydrogens (tertiary/aromatic N) is 1. The molecule has 0 bridgehead atoms. The third kappa shape index (κ3) is 3.58. The number of likely N-dealkylation sites (tertiary alicyclic amines) is 1. The monoisotopic (exact) mass is 278 g/mol. The van der Waals surface area contributed by atoms with Gasteiger partial charge in [0.15, 0.2) is 0 Å². The Labute approximate surface area is 122 Å². The van der Waals surface area contributed by atoms with Gasteiger partial charge in [-0.3, -0.25) is 4.90 Å². The molecule has 1 aliphatic heterocycles. The lowest BCUT2D eigenvalue weighted by molar-refractivity contribution is 0.185. The lowest BCUT2D eigenvalue weighted by Gasteiger charge is -2.31. The van der Waals surface area contributed by atoms with Gasteiger partial charge >= 0.3 is 0 Å². The van der Waals surface area contributed by atoms with Crippen molar-refractivity contribution in [1.82, 2.24) is 10.2 Å². The van der Waals surface area contributed by atoms with Gasteiger partial charge in [0, 0.05) is 24.2 Å². The Balaban J connectivity index is 2.12. The van der Waals surface area contributed by atoms with Crippen LogP contribution in [-0.4, -0.2) is 30.6 Å². The van der Waals surface area contributed by atoms with Gasteiger partial charge in [0.2, 0.25) is 0 Å². The second-order valence-electron chi connectivity index (χ2n) is 6.08. The van der Waals surface area contributed by atoms with Crippen molar-refractivity contribution in [2.45, 2.75) is 45.7 Å². The standard InChI is InChI=1S/C17H27FN2/c1-4-19-16(14-8-5-6-9-15(14)18)12-20-11-7-10-17(20)13(2)3/h5-6,8-9,13,16-17,19H,4,7,10-12H2,1-3H3. The van der Waals surface area contributed by atoms with Crippen molar-refractivity contribution in [2.75, 3.05) is 19.6 Å². The molecule has 20 heavy (non-hydrogen) atoms. The van der Waals surface area contributed by atoms with Gasteiger partial charge in [-0.05, 0) is 37.9 Å². The van der Waals surface area contributed by atoms with Gasteiger partial charge in [-0.2, -0.15) is 0 Å². The SMILES string of the molecule is CCNC(CN1CCCC1C(C)C)c1ccccc1F. The Morgan fingerprint density at radius 1 is 1.35 bits per heavy atom. The second-order valence-corrected chi connectivity index (χ2v) is 6.08. The van der Waals surface area contributed by atoms with Crippen LogP contribution in [0.3, 0.4) is 0 Å². The molecule has 0 radical (unpaired) electrons. The molecule has 1 heterocycles. The number of halogens is 1. The van der Waals surface area contributed by atoms with E-state index in [2.05, 4.69) is 31.0 Å². The Morgan fingerprint density at radius 3 is 2.75 bits per heavy atom. The zero-order chi connectivity index (χ0) is 14.5. The molecule has 0 spiro atoms. The first-order valence-corrected chi connectivity index (χ1v) is 7.85. The third-order valence-electron chi connectivity index (χ3n) is 4.33. The van der Waals surface area contributed by atoms with Gasteiger partial charge in [0.1, 0.15) is 5.82 Å². The van der Waals surface area contributed by atoms with Gasteiger partial charge in [-0.15, -0.1) is 0 Å². The predicted octanol–water partition coefficient (Wildman–Crippen LogP) is 3.60. The molecule has 112 valence electrons. The molecule has 1 aromatic rings. The van der Waals surface area contributed by atoms with E-state index in [1.807, 2.05) is 12.1 Å². The minimum Gasteiger partial charge on any atom is -0.309 e. The fraction of sp³-hybridized carbons (Fsp3) is 0.647. The van der Waals surface area contributed by atoms with Crippen LogP contribution in [-0.2, 0) is 0 Å². The van der Waals surface area contributed by atoms with E-state index in [1.165, 1.54) is 12.8 Å². The zero-order valence-corrected chi connectivity index (χ0v) is 12.9. The van der Waals surface area contributed by atoms with Crippen molar-refractivity contribution < 1.29 is 4.39 Å². The molecule has 0 aliphatic carbocycles. The molecule has 0 aromatic heterocycles. The van der Waals surface area contributed by atoms with E-state index in [1.54, 1.807) is 12.1 Å². The highest BCUT2D eigenvalue weighted by molar-refractivity contribution is 5.21. The number of hydrogen-bond acceptors (Lipinski definition) is 2. The number of rotatable bonds is 6. The van der Waals surface area contributed by atoms with Crippen LogP contribution >= 0.6 is 0 Å². The summed E-state index contributed by atoms with van der Waals surface area (Å²) >= 11 is 0. The van der Waals surface area contributed by atoms with E-state index in [4.69, 9.17) is 0 Å². The molecule has 2 atom stereocenters. The molecule has 2 nitrogen and oxygen atoms in total. The first-order valence-electron chi connectivity index (χ1n) is 7.85. The molecule has 1 fully saturated rings. The first kappa shape index (κ1) is 15.5. The van der Waals surface area contributed by atoms with Crippen LogP contribution in [0.2, 0.25) is 0 Å². The summed E-state index contributed by atoms with van der Waals surface area (Å²) in [5.74, 6) is 0.569. The van der Waals surface area contributed by atoms with Crippen molar-refractivity contribution in [2.24, 2.45) is 5.92 Å². The van der Waals surface area contributed by atoms with E-state index in [-0.39, 0.29) is 11.9 Å². The van der Waals surface area contributed by atoms with Gasteiger partial charge < -0.3 is 5.32 Å². The highest BCUT2D eigenvalue weighted by Gasteiger charge is 2.29. The normalized spacial score (nSPS) is 21.6. The van der Waals surface area contributed by atoms with Crippen LogP contribution < -0.4 is 5.32 Å². The van der Waals surface area contributed by atoms with E-state index in [9.17, 15) is 4.39 Å². The highest BCUT2D eigenvalue weighted by Crippen LogP contribution is 2.27. The minimum absolute atomic E-state index is 0.0838. The number of hydrogen-bond donors (Lipinski definition) is 1. The maximum atomic E-state index is 14.0. The summed E-state index contributed by atoms with van der Waals surface area (Å²) < 4.78 is 14.0. The fourth-order valence-corrected chi connectivity index (χ4v) is 3.35. The molecule has 2 unspecified atom stereocenters. The third-order valence-corrected chi connectivity index (χ3v) is 4.33. The average molecular weight is 278 g/mol. The summed E-state index contributed by atoms with van der Waals surface area (Å²) in [5, 5.41) is 3.44. The summed E-state index contributed by atoms with van der Waals surface area (Å²) in [5.41, 5.74) is 0.795. The lowest BCUT2D eigenvalue weighted by atomic mass is 10.00. The Hall–Kier alpha value is -0.930. The number of benzene rings is 1. The van der Waals surface area contributed by atoms with Crippen LogP contribution in [0, 0.1) is 11.7 Å². The predicted molar refractivity (Wildman–Crippen MR) is 82.3 cm³/mol. The number of nitrogens with one attached hydrogen (secondary N) is 1. The first-order chi connectivity index (χ1) is 9.63. The molecular formula is C17H27FN2. The van der Waals surface area contributed by atoms with Crippen molar-refractivity contribution in [3.05, 3.63) is 35.6 Å². The maximum absolute atomic E-state index is 14.0. The zero-order valence-electron chi connectivity index (χ0n) is 12.9. The molecule has 1 saturated heterocycles. The summed E-state index contributed by atoms with van der Waals surface area (Å²) in [6, 6.07) is 7.87. The molecule has 0 amide bonds. The Morgan fingerprint density at radius 2 is 2.10 bits per heavy atom. The molecule has 3 heteroatoms. The largest absolute Gasteiger partial charge is 0.309 e. The van der Waals surface area contributed by atoms with Crippen molar-refractivity contribution in [3.63, 3.8) is 0 Å². The molecule has 0 saturated carbocycles. The molecule has 1 N–H and O–H groups in total. The number of likely N-dealkylation sites (N-methyl/N-ethyl adjacent to an activating group) is 1. The van der Waals surface area contributed by atoms with Gasteiger partial charge in [-0.1, -0.05) is 39.0 Å². The summed E-state index contributed by atoms with van der Waals surface area (Å²) in [6.07, 6.45) is 2.53. The summed E-state index contributed by atoms with van der Waals surface area (Å²) in [7, 11) is 0. The van der Waals surface area contributed by atoms with Crippen LogP contribution in [0.1, 0.15) is 45.2 Å². The quantitative estimate of drug-likeness (QED) is 0.855. The molecule has 1 aromatic carbocycles. The van der Waals surface area contributed by atoms with Crippen molar-refractivity contribution in [3.8, 4) is 0 Å². The van der Waals surface area contributed by atoms with Crippen molar-refractivity contribution in [1.29, 1.82) is 0 Å². The smallest absolute Gasteiger partial charge is 0.128 e.